The number of carbonyl (C=O) groups is 2. The summed E-state index contributed by atoms with van der Waals surface area (Å²) < 4.78 is 14.3. The normalized spacial score (nSPS) is 14.3. The van der Waals surface area contributed by atoms with Gasteiger partial charge in [-0.3, -0.25) is 4.79 Å². The number of amides is 2. The second-order valence-electron chi connectivity index (χ2n) is 6.14. The number of anilines is 2. The van der Waals surface area contributed by atoms with Crippen LogP contribution in [0.1, 0.15) is 17.3 Å². The number of urea groups is 1. The maximum atomic E-state index is 14.3. The molecular weight excluding hydrogens is 357 g/mol. The summed E-state index contributed by atoms with van der Waals surface area (Å²) in [5.74, 6) is -0.590. The van der Waals surface area contributed by atoms with Crippen LogP contribution in [0.15, 0.2) is 42.5 Å². The van der Waals surface area contributed by atoms with Crippen LogP contribution in [0.4, 0.5) is 20.6 Å². The van der Waals surface area contributed by atoms with Crippen LogP contribution < -0.4 is 10.2 Å². The average molecular weight is 376 g/mol. The number of nitrogens with one attached hydrogen (secondary N) is 1. The summed E-state index contributed by atoms with van der Waals surface area (Å²) in [4.78, 5) is 27.2. The second kappa shape index (κ2) is 7.74. The molecule has 0 aliphatic carbocycles. The van der Waals surface area contributed by atoms with E-state index >= 15 is 0 Å². The van der Waals surface area contributed by atoms with E-state index < -0.39 is 5.82 Å². The van der Waals surface area contributed by atoms with Crippen molar-refractivity contribution in [3.63, 3.8) is 0 Å². The van der Waals surface area contributed by atoms with Gasteiger partial charge in [0.05, 0.1) is 5.69 Å². The predicted octanol–water partition coefficient (Wildman–Crippen LogP) is 4.04. The molecule has 2 aromatic rings. The summed E-state index contributed by atoms with van der Waals surface area (Å²) in [6.07, 6.45) is 0. The van der Waals surface area contributed by atoms with E-state index in [1.165, 1.54) is 13.0 Å². The highest BCUT2D eigenvalue weighted by Crippen LogP contribution is 2.23. The molecule has 0 saturated carbocycles. The maximum absolute atomic E-state index is 14.3. The number of ketones is 1. The summed E-state index contributed by atoms with van der Waals surface area (Å²) >= 11 is 5.92. The molecule has 1 heterocycles. The molecule has 1 aliphatic rings. The van der Waals surface area contributed by atoms with Crippen LogP contribution in [0.25, 0.3) is 0 Å². The van der Waals surface area contributed by atoms with E-state index in [1.54, 1.807) is 41.3 Å². The van der Waals surface area contributed by atoms with Gasteiger partial charge in [0.25, 0.3) is 0 Å². The molecule has 0 spiro atoms. The Hall–Kier alpha value is -2.60. The lowest BCUT2D eigenvalue weighted by Gasteiger charge is -2.36. The van der Waals surface area contributed by atoms with Crippen LogP contribution in [-0.4, -0.2) is 42.9 Å². The number of hydrogen-bond donors (Lipinski definition) is 1. The van der Waals surface area contributed by atoms with Crippen LogP contribution in [0.3, 0.4) is 0 Å². The van der Waals surface area contributed by atoms with Crippen molar-refractivity contribution in [2.24, 2.45) is 0 Å². The Labute approximate surface area is 156 Å². The Balaban J connectivity index is 1.60. The van der Waals surface area contributed by atoms with E-state index in [-0.39, 0.29) is 11.8 Å². The fraction of sp³-hybridized carbons (Fsp3) is 0.263. The third-order valence-corrected chi connectivity index (χ3v) is 4.57. The quantitative estimate of drug-likeness (QED) is 0.824. The molecule has 7 heteroatoms. The topological polar surface area (TPSA) is 52.7 Å². The molecule has 2 amide bonds. The zero-order valence-electron chi connectivity index (χ0n) is 14.3. The Morgan fingerprint density at radius 2 is 1.81 bits per heavy atom. The van der Waals surface area contributed by atoms with Gasteiger partial charge in [-0.25, -0.2) is 9.18 Å². The predicted molar refractivity (Wildman–Crippen MR) is 101 cm³/mol. The van der Waals surface area contributed by atoms with Crippen molar-refractivity contribution >= 4 is 34.8 Å². The molecule has 1 aliphatic heterocycles. The third-order valence-electron chi connectivity index (χ3n) is 4.34. The van der Waals surface area contributed by atoms with Gasteiger partial charge in [-0.2, -0.15) is 0 Å². The number of Topliss-reactive ketones (excluding diaryl/α,β-unsaturated/α-hetero) is 1. The molecule has 1 saturated heterocycles. The Morgan fingerprint density at radius 1 is 1.08 bits per heavy atom. The number of carbonyl (C=O) groups excluding carboxylic acids is 2. The molecule has 5 nitrogen and oxygen atoms in total. The molecule has 26 heavy (non-hydrogen) atoms. The summed E-state index contributed by atoms with van der Waals surface area (Å²) in [5.41, 5.74) is 1.44. The van der Waals surface area contributed by atoms with Crippen molar-refractivity contribution in [2.45, 2.75) is 6.92 Å². The van der Waals surface area contributed by atoms with Crippen molar-refractivity contribution in [2.75, 3.05) is 36.4 Å². The fourth-order valence-corrected chi connectivity index (χ4v) is 3.09. The van der Waals surface area contributed by atoms with Gasteiger partial charge in [0.15, 0.2) is 5.78 Å². The van der Waals surface area contributed by atoms with Crippen molar-refractivity contribution in [3.05, 3.63) is 58.9 Å². The van der Waals surface area contributed by atoms with Crippen LogP contribution >= 0.6 is 11.6 Å². The first-order chi connectivity index (χ1) is 12.4. The van der Waals surface area contributed by atoms with Gasteiger partial charge >= 0.3 is 6.03 Å². The van der Waals surface area contributed by atoms with Gasteiger partial charge in [0, 0.05) is 42.5 Å². The highest BCUT2D eigenvalue weighted by molar-refractivity contribution is 6.30. The van der Waals surface area contributed by atoms with Gasteiger partial charge in [-0.1, -0.05) is 17.7 Å². The highest BCUT2D eigenvalue weighted by atomic mass is 35.5. The Bertz CT molecular complexity index is 835. The number of rotatable bonds is 3. The standard InChI is InChI=1S/C19H19ClFN3O2/c1-13(25)14-5-6-18(17(21)11-14)23-7-9-24(10-8-23)19(26)22-16-4-2-3-15(20)12-16/h2-6,11-12H,7-10H2,1H3,(H,22,26). The first kappa shape index (κ1) is 18.2. The minimum atomic E-state index is -0.422. The maximum Gasteiger partial charge on any atom is 0.321 e. The lowest BCUT2D eigenvalue weighted by Crippen LogP contribution is -2.50. The van der Waals surface area contributed by atoms with Gasteiger partial charge in [-0.05, 0) is 43.3 Å². The van der Waals surface area contributed by atoms with Crippen molar-refractivity contribution in [1.82, 2.24) is 4.90 Å². The second-order valence-corrected chi connectivity index (χ2v) is 6.57. The Kier molecular flexibility index (Phi) is 5.42. The summed E-state index contributed by atoms with van der Waals surface area (Å²) in [6.45, 7) is 3.38. The number of benzene rings is 2. The minimum Gasteiger partial charge on any atom is -0.366 e. The van der Waals surface area contributed by atoms with E-state index in [0.717, 1.165) is 0 Å². The largest absolute Gasteiger partial charge is 0.366 e. The van der Waals surface area contributed by atoms with Gasteiger partial charge in [0.1, 0.15) is 5.82 Å². The molecule has 1 fully saturated rings. The van der Waals surface area contributed by atoms with Crippen LogP contribution in [-0.2, 0) is 0 Å². The van der Waals surface area contributed by atoms with E-state index in [1.807, 2.05) is 4.90 Å². The van der Waals surface area contributed by atoms with Gasteiger partial charge in [0.2, 0.25) is 0 Å². The van der Waals surface area contributed by atoms with E-state index in [9.17, 15) is 14.0 Å². The SMILES string of the molecule is CC(=O)c1ccc(N2CCN(C(=O)Nc3cccc(Cl)c3)CC2)c(F)c1. The van der Waals surface area contributed by atoms with Gasteiger partial charge in [-0.15, -0.1) is 0 Å². The summed E-state index contributed by atoms with van der Waals surface area (Å²) in [5, 5.41) is 3.36. The third kappa shape index (κ3) is 4.14. The average Bonchev–Trinajstić information content (AvgIpc) is 2.61. The molecule has 0 atom stereocenters. The van der Waals surface area contributed by atoms with Crippen LogP contribution in [0.5, 0.6) is 0 Å². The molecular formula is C19H19ClFN3O2. The van der Waals surface area contributed by atoms with Gasteiger partial charge < -0.3 is 15.1 Å². The molecule has 2 aromatic carbocycles. The van der Waals surface area contributed by atoms with E-state index in [2.05, 4.69) is 5.32 Å². The molecule has 1 N–H and O–H groups in total. The van der Waals surface area contributed by atoms with E-state index in [0.29, 0.717) is 48.1 Å². The van der Waals surface area contributed by atoms with E-state index in [4.69, 9.17) is 11.6 Å². The van der Waals surface area contributed by atoms with Crippen molar-refractivity contribution in [1.29, 1.82) is 0 Å². The minimum absolute atomic E-state index is 0.169. The van der Waals surface area contributed by atoms with Crippen LogP contribution in [0, 0.1) is 5.82 Å². The zero-order valence-corrected chi connectivity index (χ0v) is 15.1. The number of hydrogen-bond acceptors (Lipinski definition) is 3. The lowest BCUT2D eigenvalue weighted by atomic mass is 10.1. The van der Waals surface area contributed by atoms with Crippen molar-refractivity contribution in [3.8, 4) is 0 Å². The number of nitrogens with zero attached hydrogens (tertiary/aromatic N) is 2. The Morgan fingerprint density at radius 3 is 2.42 bits per heavy atom. The number of halogens is 2. The molecule has 0 bridgehead atoms. The summed E-state index contributed by atoms with van der Waals surface area (Å²) in [7, 11) is 0. The fourth-order valence-electron chi connectivity index (χ4n) is 2.90. The first-order valence-electron chi connectivity index (χ1n) is 8.31. The molecule has 0 radical (unpaired) electrons. The monoisotopic (exact) mass is 375 g/mol. The lowest BCUT2D eigenvalue weighted by molar-refractivity contribution is 0.101. The number of piperazine rings is 1. The smallest absolute Gasteiger partial charge is 0.321 e. The van der Waals surface area contributed by atoms with Crippen molar-refractivity contribution < 1.29 is 14.0 Å². The van der Waals surface area contributed by atoms with Crippen LogP contribution in [0.2, 0.25) is 5.02 Å². The zero-order chi connectivity index (χ0) is 18.7. The molecule has 0 aromatic heterocycles. The molecule has 3 rings (SSSR count). The molecule has 136 valence electrons. The summed E-state index contributed by atoms with van der Waals surface area (Å²) in [6, 6.07) is 11.3. The molecule has 0 unspecified atom stereocenters. The highest BCUT2D eigenvalue weighted by Gasteiger charge is 2.23. The first-order valence-corrected chi connectivity index (χ1v) is 8.69.